The van der Waals surface area contributed by atoms with E-state index in [9.17, 15) is 0 Å². The van der Waals surface area contributed by atoms with Gasteiger partial charge in [0.2, 0.25) is 0 Å². The minimum atomic E-state index is 0.253. The molecule has 0 bridgehead atoms. The normalized spacial score (nSPS) is 24.5. The van der Waals surface area contributed by atoms with Crippen LogP contribution in [-0.2, 0) is 4.84 Å². The third kappa shape index (κ3) is 2.34. The lowest BCUT2D eigenvalue weighted by Crippen LogP contribution is -2.20. The van der Waals surface area contributed by atoms with Crippen LogP contribution in [0.2, 0.25) is 0 Å². The summed E-state index contributed by atoms with van der Waals surface area (Å²) in [6, 6.07) is 10.5. The maximum Gasteiger partial charge on any atom is 0.104 e. The van der Waals surface area contributed by atoms with Crippen LogP contribution in [0, 0.1) is 0 Å². The van der Waals surface area contributed by atoms with Crippen molar-refractivity contribution in [1.29, 1.82) is 0 Å². The van der Waals surface area contributed by atoms with Crippen LogP contribution in [-0.4, -0.2) is 18.7 Å². The zero-order valence-electron chi connectivity index (χ0n) is 8.65. The van der Waals surface area contributed by atoms with E-state index in [0.717, 1.165) is 13.0 Å². The summed E-state index contributed by atoms with van der Waals surface area (Å²) in [5, 5.41) is 1.96. The van der Waals surface area contributed by atoms with Crippen LogP contribution in [0.25, 0.3) is 0 Å². The topological polar surface area (TPSA) is 12.5 Å². The summed E-state index contributed by atoms with van der Waals surface area (Å²) >= 11 is 0. The molecule has 1 unspecified atom stereocenters. The average Bonchev–Trinajstić information content (AvgIpc) is 2.44. The van der Waals surface area contributed by atoms with Gasteiger partial charge in [0, 0.05) is 13.6 Å². The zero-order valence-corrected chi connectivity index (χ0v) is 8.65. The van der Waals surface area contributed by atoms with Gasteiger partial charge in [-0.2, -0.15) is 5.06 Å². The van der Waals surface area contributed by atoms with Crippen molar-refractivity contribution in [2.45, 2.75) is 25.4 Å². The van der Waals surface area contributed by atoms with Gasteiger partial charge in [-0.1, -0.05) is 30.3 Å². The molecule has 0 saturated carbocycles. The Morgan fingerprint density at radius 3 is 2.79 bits per heavy atom. The van der Waals surface area contributed by atoms with Crippen LogP contribution in [0.5, 0.6) is 0 Å². The minimum Gasteiger partial charge on any atom is -0.291 e. The first kappa shape index (κ1) is 9.69. The molecule has 1 saturated heterocycles. The van der Waals surface area contributed by atoms with Crippen molar-refractivity contribution in [3.63, 3.8) is 0 Å². The SMILES string of the molecule is CN1CCCCC(c2ccccc2)O1. The Hall–Kier alpha value is -0.860. The van der Waals surface area contributed by atoms with Crippen molar-refractivity contribution in [2.75, 3.05) is 13.6 Å². The second kappa shape index (κ2) is 4.58. The van der Waals surface area contributed by atoms with Crippen molar-refractivity contribution >= 4 is 0 Å². The standard InChI is InChI=1S/C12H17NO/c1-13-10-6-5-9-12(14-13)11-7-3-2-4-8-11/h2-4,7-8,12H,5-6,9-10H2,1H3. The molecule has 2 rings (SSSR count). The van der Waals surface area contributed by atoms with Gasteiger partial charge >= 0.3 is 0 Å². The highest BCUT2D eigenvalue weighted by atomic mass is 16.7. The Labute approximate surface area is 85.4 Å². The van der Waals surface area contributed by atoms with Crippen LogP contribution in [0.15, 0.2) is 30.3 Å². The van der Waals surface area contributed by atoms with E-state index >= 15 is 0 Å². The molecule has 0 amide bonds. The van der Waals surface area contributed by atoms with Gasteiger partial charge in [0.15, 0.2) is 0 Å². The molecule has 0 spiro atoms. The molecule has 1 aromatic rings. The Bertz CT molecular complexity index is 273. The van der Waals surface area contributed by atoms with E-state index in [1.807, 2.05) is 18.2 Å². The van der Waals surface area contributed by atoms with Gasteiger partial charge in [0.1, 0.15) is 6.10 Å². The molecule has 1 aromatic carbocycles. The molecule has 76 valence electrons. The van der Waals surface area contributed by atoms with Gasteiger partial charge in [-0.3, -0.25) is 4.84 Å². The second-order valence-electron chi connectivity index (χ2n) is 3.85. The summed E-state index contributed by atoms with van der Waals surface area (Å²) in [6.45, 7) is 1.04. The van der Waals surface area contributed by atoms with E-state index in [0.29, 0.717) is 0 Å². The van der Waals surface area contributed by atoms with Crippen molar-refractivity contribution in [1.82, 2.24) is 5.06 Å². The summed E-state index contributed by atoms with van der Waals surface area (Å²) in [5.41, 5.74) is 1.29. The monoisotopic (exact) mass is 191 g/mol. The molecule has 0 aliphatic carbocycles. The van der Waals surface area contributed by atoms with E-state index in [1.54, 1.807) is 0 Å². The minimum absolute atomic E-state index is 0.253. The molecule has 1 aliphatic rings. The zero-order chi connectivity index (χ0) is 9.80. The van der Waals surface area contributed by atoms with Crippen molar-refractivity contribution in [3.8, 4) is 0 Å². The van der Waals surface area contributed by atoms with Gasteiger partial charge in [-0.05, 0) is 24.8 Å². The lowest BCUT2D eigenvalue weighted by molar-refractivity contribution is -0.176. The number of hydrogen-bond donors (Lipinski definition) is 0. The highest BCUT2D eigenvalue weighted by molar-refractivity contribution is 5.17. The van der Waals surface area contributed by atoms with E-state index in [1.165, 1.54) is 18.4 Å². The van der Waals surface area contributed by atoms with Crippen LogP contribution in [0.1, 0.15) is 30.9 Å². The first-order valence-corrected chi connectivity index (χ1v) is 5.29. The lowest BCUT2D eigenvalue weighted by Gasteiger charge is -2.20. The molecule has 2 heteroatoms. The summed E-state index contributed by atoms with van der Waals surface area (Å²) < 4.78 is 0. The maximum absolute atomic E-state index is 5.83. The van der Waals surface area contributed by atoms with Crippen molar-refractivity contribution in [2.24, 2.45) is 0 Å². The molecule has 2 nitrogen and oxygen atoms in total. The van der Waals surface area contributed by atoms with Crippen LogP contribution >= 0.6 is 0 Å². The van der Waals surface area contributed by atoms with Gasteiger partial charge in [0.05, 0.1) is 0 Å². The van der Waals surface area contributed by atoms with Gasteiger partial charge < -0.3 is 0 Å². The molecule has 0 N–H and O–H groups in total. The third-order valence-corrected chi connectivity index (χ3v) is 2.67. The predicted molar refractivity (Wildman–Crippen MR) is 56.7 cm³/mol. The molecule has 1 heterocycles. The number of hydroxylamine groups is 2. The fourth-order valence-corrected chi connectivity index (χ4v) is 1.88. The lowest BCUT2D eigenvalue weighted by atomic mass is 10.0. The van der Waals surface area contributed by atoms with Crippen LogP contribution in [0.4, 0.5) is 0 Å². The van der Waals surface area contributed by atoms with Crippen LogP contribution < -0.4 is 0 Å². The van der Waals surface area contributed by atoms with Gasteiger partial charge in [-0.15, -0.1) is 0 Å². The largest absolute Gasteiger partial charge is 0.291 e. The molecule has 14 heavy (non-hydrogen) atoms. The number of rotatable bonds is 1. The molecule has 1 aliphatic heterocycles. The average molecular weight is 191 g/mol. The summed E-state index contributed by atoms with van der Waals surface area (Å²) in [4.78, 5) is 5.83. The quantitative estimate of drug-likeness (QED) is 0.676. The number of nitrogens with zero attached hydrogens (tertiary/aromatic N) is 1. The highest BCUT2D eigenvalue weighted by Crippen LogP contribution is 2.26. The molecule has 0 aromatic heterocycles. The fourth-order valence-electron chi connectivity index (χ4n) is 1.88. The molecule has 0 radical (unpaired) electrons. The van der Waals surface area contributed by atoms with Gasteiger partial charge in [-0.25, -0.2) is 0 Å². The smallest absolute Gasteiger partial charge is 0.104 e. The predicted octanol–water partition coefficient (Wildman–Crippen LogP) is 2.78. The number of hydrogen-bond acceptors (Lipinski definition) is 2. The van der Waals surface area contributed by atoms with Crippen molar-refractivity contribution in [3.05, 3.63) is 35.9 Å². The van der Waals surface area contributed by atoms with Crippen LogP contribution in [0.3, 0.4) is 0 Å². The first-order chi connectivity index (χ1) is 6.86. The van der Waals surface area contributed by atoms with E-state index < -0.39 is 0 Å². The molecular weight excluding hydrogens is 174 g/mol. The molecule has 1 fully saturated rings. The molecular formula is C12H17NO. The summed E-state index contributed by atoms with van der Waals surface area (Å²) in [5.74, 6) is 0. The Balaban J connectivity index is 2.09. The summed E-state index contributed by atoms with van der Waals surface area (Å²) in [7, 11) is 2.02. The second-order valence-corrected chi connectivity index (χ2v) is 3.85. The molecule has 1 atom stereocenters. The number of benzene rings is 1. The van der Waals surface area contributed by atoms with Gasteiger partial charge in [0.25, 0.3) is 0 Å². The Kier molecular flexibility index (Phi) is 3.17. The Morgan fingerprint density at radius 1 is 1.21 bits per heavy atom. The highest BCUT2D eigenvalue weighted by Gasteiger charge is 2.17. The first-order valence-electron chi connectivity index (χ1n) is 5.29. The van der Waals surface area contributed by atoms with Crippen molar-refractivity contribution < 1.29 is 4.84 Å². The van der Waals surface area contributed by atoms with E-state index in [2.05, 4.69) is 24.3 Å². The van der Waals surface area contributed by atoms with E-state index in [4.69, 9.17) is 4.84 Å². The maximum atomic E-state index is 5.83. The Morgan fingerprint density at radius 2 is 2.00 bits per heavy atom. The fraction of sp³-hybridized carbons (Fsp3) is 0.500. The third-order valence-electron chi connectivity index (χ3n) is 2.67. The van der Waals surface area contributed by atoms with E-state index in [-0.39, 0.29) is 6.10 Å². The summed E-state index contributed by atoms with van der Waals surface area (Å²) in [6.07, 6.45) is 3.88.